The highest BCUT2D eigenvalue weighted by Crippen LogP contribution is 2.28. The topological polar surface area (TPSA) is 66.6 Å². The Kier molecular flexibility index (Phi) is 5.66. The van der Waals surface area contributed by atoms with Crippen molar-refractivity contribution < 1.29 is 9.59 Å². The molecule has 0 radical (unpaired) electrons. The van der Waals surface area contributed by atoms with Crippen molar-refractivity contribution in [2.45, 2.75) is 51.0 Å². The fourth-order valence-electron chi connectivity index (χ4n) is 4.20. The van der Waals surface area contributed by atoms with Gasteiger partial charge in [-0.25, -0.2) is 0 Å². The van der Waals surface area contributed by atoms with E-state index in [1.165, 1.54) is 0 Å². The van der Waals surface area contributed by atoms with Gasteiger partial charge in [-0.15, -0.1) is 0 Å². The van der Waals surface area contributed by atoms with Crippen LogP contribution in [0, 0.1) is 5.92 Å². The molecule has 0 unspecified atom stereocenters. The highest BCUT2D eigenvalue weighted by atomic mass is 16.2. The molecule has 0 spiro atoms. The Morgan fingerprint density at radius 3 is 2.23 bits per heavy atom. The van der Waals surface area contributed by atoms with Gasteiger partial charge in [-0.2, -0.15) is 0 Å². The van der Waals surface area contributed by atoms with E-state index in [0.29, 0.717) is 38.5 Å². The van der Waals surface area contributed by atoms with Crippen LogP contribution >= 0.6 is 0 Å². The van der Waals surface area contributed by atoms with Crippen molar-refractivity contribution in [3.63, 3.8) is 0 Å². The van der Waals surface area contributed by atoms with Crippen molar-refractivity contribution in [3.8, 4) is 0 Å². The predicted octanol–water partition coefficient (Wildman–Crippen LogP) is 2.15. The van der Waals surface area contributed by atoms with Crippen LogP contribution in [0.25, 0.3) is 0 Å². The fourth-order valence-corrected chi connectivity index (χ4v) is 4.20. The van der Waals surface area contributed by atoms with Crippen LogP contribution in [-0.2, 0) is 15.0 Å². The summed E-state index contributed by atoms with van der Waals surface area (Å²) in [5.41, 5.74) is 6.57. The lowest BCUT2D eigenvalue weighted by atomic mass is 9.83. The van der Waals surface area contributed by atoms with Crippen LogP contribution in [0.2, 0.25) is 0 Å². The molecule has 3 rings (SSSR count). The molecule has 2 atom stereocenters. The number of hydrogen-bond acceptors (Lipinski definition) is 3. The molecule has 1 aromatic carbocycles. The number of nitrogens with two attached hydrogens (primary N) is 1. The van der Waals surface area contributed by atoms with Crippen LogP contribution in [0.3, 0.4) is 0 Å². The Morgan fingerprint density at radius 1 is 1.04 bits per heavy atom. The van der Waals surface area contributed by atoms with Crippen LogP contribution < -0.4 is 5.73 Å². The summed E-state index contributed by atoms with van der Waals surface area (Å²) in [6.07, 6.45) is 3.80. The lowest BCUT2D eigenvalue weighted by molar-refractivity contribution is -0.143. The Balaban J connectivity index is 1.54. The van der Waals surface area contributed by atoms with Gasteiger partial charge < -0.3 is 15.5 Å². The summed E-state index contributed by atoms with van der Waals surface area (Å²) in [4.78, 5) is 29.4. The van der Waals surface area contributed by atoms with Gasteiger partial charge in [0.25, 0.3) is 0 Å². The first-order chi connectivity index (χ1) is 12.4. The quantitative estimate of drug-likeness (QED) is 0.898. The molecule has 2 N–H and O–H groups in total. The third-order valence-electron chi connectivity index (χ3n) is 6.10. The molecule has 142 valence electrons. The van der Waals surface area contributed by atoms with Crippen LogP contribution in [0.4, 0.5) is 0 Å². The second-order valence-corrected chi connectivity index (χ2v) is 8.22. The summed E-state index contributed by atoms with van der Waals surface area (Å²) in [5, 5.41) is 0. The highest BCUT2D eigenvalue weighted by Gasteiger charge is 2.36. The highest BCUT2D eigenvalue weighted by molar-refractivity contribution is 5.87. The number of rotatable bonds is 4. The SMILES string of the molecule is CC(C)(C(=O)N1CCN(C(=O)C[C@@H]2CCC[C@H]2N)CC1)c1ccccc1. The number of carbonyl (C=O) groups is 2. The molecule has 1 aliphatic heterocycles. The lowest BCUT2D eigenvalue weighted by Gasteiger charge is -2.39. The molecule has 1 aliphatic carbocycles. The third kappa shape index (κ3) is 3.93. The van der Waals surface area contributed by atoms with Gasteiger partial charge in [0, 0.05) is 38.6 Å². The van der Waals surface area contributed by atoms with E-state index in [1.54, 1.807) is 0 Å². The van der Waals surface area contributed by atoms with E-state index >= 15 is 0 Å². The molecule has 0 aromatic heterocycles. The van der Waals surface area contributed by atoms with Crippen molar-refractivity contribution in [2.75, 3.05) is 26.2 Å². The van der Waals surface area contributed by atoms with Gasteiger partial charge in [-0.3, -0.25) is 9.59 Å². The van der Waals surface area contributed by atoms with Gasteiger partial charge in [0.2, 0.25) is 11.8 Å². The maximum absolute atomic E-state index is 13.0. The predicted molar refractivity (Wildman–Crippen MR) is 103 cm³/mol. The molecule has 1 aromatic rings. The van der Waals surface area contributed by atoms with E-state index < -0.39 is 5.41 Å². The smallest absolute Gasteiger partial charge is 0.232 e. The van der Waals surface area contributed by atoms with Gasteiger partial charge in [-0.05, 0) is 38.2 Å². The van der Waals surface area contributed by atoms with E-state index in [0.717, 1.165) is 24.8 Å². The number of nitrogens with zero attached hydrogens (tertiary/aromatic N) is 2. The van der Waals surface area contributed by atoms with Gasteiger partial charge >= 0.3 is 0 Å². The number of hydrogen-bond donors (Lipinski definition) is 1. The molecule has 1 saturated heterocycles. The summed E-state index contributed by atoms with van der Waals surface area (Å²) >= 11 is 0. The molecule has 0 bridgehead atoms. The molecule has 2 amide bonds. The van der Waals surface area contributed by atoms with Crippen molar-refractivity contribution >= 4 is 11.8 Å². The minimum Gasteiger partial charge on any atom is -0.339 e. The van der Waals surface area contributed by atoms with Crippen molar-refractivity contribution in [3.05, 3.63) is 35.9 Å². The van der Waals surface area contributed by atoms with E-state index in [1.807, 2.05) is 54.0 Å². The van der Waals surface area contributed by atoms with E-state index in [-0.39, 0.29) is 17.9 Å². The van der Waals surface area contributed by atoms with Gasteiger partial charge in [0.05, 0.1) is 5.41 Å². The largest absolute Gasteiger partial charge is 0.339 e. The number of piperazine rings is 1. The number of amides is 2. The Hall–Kier alpha value is -1.88. The van der Waals surface area contributed by atoms with Gasteiger partial charge in [0.15, 0.2) is 0 Å². The molecule has 26 heavy (non-hydrogen) atoms. The first-order valence-electron chi connectivity index (χ1n) is 9.78. The third-order valence-corrected chi connectivity index (χ3v) is 6.10. The summed E-state index contributed by atoms with van der Waals surface area (Å²) in [6.45, 7) is 6.41. The Labute approximate surface area is 156 Å². The summed E-state index contributed by atoms with van der Waals surface area (Å²) in [5.74, 6) is 0.662. The standard InChI is InChI=1S/C21H31N3O2/c1-21(2,17-8-4-3-5-9-17)20(26)24-13-11-23(12-14-24)19(25)15-16-7-6-10-18(16)22/h3-5,8-9,16,18H,6-7,10-15,22H2,1-2H3/t16-,18+/m0/s1. The molecular weight excluding hydrogens is 326 g/mol. The maximum Gasteiger partial charge on any atom is 0.232 e. The number of benzene rings is 1. The molecular formula is C21H31N3O2. The second kappa shape index (κ2) is 7.78. The molecule has 1 heterocycles. The lowest BCUT2D eigenvalue weighted by Crippen LogP contribution is -2.54. The molecule has 5 nitrogen and oxygen atoms in total. The van der Waals surface area contributed by atoms with E-state index in [9.17, 15) is 9.59 Å². The Morgan fingerprint density at radius 2 is 1.65 bits per heavy atom. The zero-order chi connectivity index (χ0) is 18.7. The van der Waals surface area contributed by atoms with Crippen LogP contribution in [0.5, 0.6) is 0 Å². The average Bonchev–Trinajstić information content (AvgIpc) is 3.06. The molecule has 2 fully saturated rings. The monoisotopic (exact) mass is 357 g/mol. The minimum atomic E-state index is -0.552. The fraction of sp³-hybridized carbons (Fsp3) is 0.619. The van der Waals surface area contributed by atoms with E-state index in [4.69, 9.17) is 5.73 Å². The second-order valence-electron chi connectivity index (χ2n) is 8.22. The first-order valence-corrected chi connectivity index (χ1v) is 9.78. The number of carbonyl (C=O) groups excluding carboxylic acids is 2. The summed E-state index contributed by atoms with van der Waals surface area (Å²) in [6, 6.07) is 10.1. The maximum atomic E-state index is 13.0. The van der Waals surface area contributed by atoms with Crippen LogP contribution in [-0.4, -0.2) is 53.8 Å². The van der Waals surface area contributed by atoms with Crippen LogP contribution in [0.1, 0.15) is 45.1 Å². The van der Waals surface area contributed by atoms with E-state index in [2.05, 4.69) is 0 Å². The van der Waals surface area contributed by atoms with Crippen molar-refractivity contribution in [2.24, 2.45) is 11.7 Å². The Bertz CT molecular complexity index is 636. The summed E-state index contributed by atoms with van der Waals surface area (Å²) < 4.78 is 0. The minimum absolute atomic E-state index is 0.133. The molecule has 5 heteroatoms. The van der Waals surface area contributed by atoms with Crippen molar-refractivity contribution in [1.29, 1.82) is 0 Å². The zero-order valence-corrected chi connectivity index (χ0v) is 16.0. The first kappa shape index (κ1) is 18.9. The van der Waals surface area contributed by atoms with Crippen LogP contribution in [0.15, 0.2) is 30.3 Å². The van der Waals surface area contributed by atoms with Gasteiger partial charge in [-0.1, -0.05) is 36.8 Å². The summed E-state index contributed by atoms with van der Waals surface area (Å²) in [7, 11) is 0. The average molecular weight is 357 g/mol. The molecule has 1 saturated carbocycles. The molecule has 2 aliphatic rings. The normalized spacial score (nSPS) is 24.0. The zero-order valence-electron chi connectivity index (χ0n) is 16.0. The van der Waals surface area contributed by atoms with Gasteiger partial charge in [0.1, 0.15) is 0 Å². The van der Waals surface area contributed by atoms with Crippen molar-refractivity contribution in [1.82, 2.24) is 9.80 Å².